The summed E-state index contributed by atoms with van der Waals surface area (Å²) < 4.78 is 4.92. The lowest BCUT2D eigenvalue weighted by molar-refractivity contribution is 0.169. The molecule has 148 valence electrons. The number of nitrogens with one attached hydrogen (secondary N) is 1. The van der Waals surface area contributed by atoms with Crippen LogP contribution >= 0.6 is 24.0 Å². The Morgan fingerprint density at radius 2 is 1.96 bits per heavy atom. The van der Waals surface area contributed by atoms with Crippen LogP contribution in [0.3, 0.4) is 0 Å². The quantitative estimate of drug-likeness (QED) is 0.343. The number of pyridine rings is 1. The van der Waals surface area contributed by atoms with Crippen molar-refractivity contribution in [3.8, 4) is 0 Å². The molecule has 8 heteroatoms. The van der Waals surface area contributed by atoms with E-state index in [1.54, 1.807) is 6.26 Å². The Labute approximate surface area is 181 Å². The standard InChI is InChI=1S/C20H24N6O.HI/c1-21-20(23-14-19-18-5-3-2-4-16(18)6-8-22-19)26-11-9-25(10-12-26)15-17-7-13-27-24-17;/h2-8,13H,9-12,14-15H2,1H3,(H,21,23);1H. The van der Waals surface area contributed by atoms with Crippen LogP contribution in [0.25, 0.3) is 10.8 Å². The van der Waals surface area contributed by atoms with Gasteiger partial charge in [0.1, 0.15) is 6.26 Å². The normalized spacial score (nSPS) is 15.5. The predicted molar refractivity (Wildman–Crippen MR) is 121 cm³/mol. The summed E-state index contributed by atoms with van der Waals surface area (Å²) in [5.74, 6) is 0.922. The second kappa shape index (κ2) is 9.83. The minimum Gasteiger partial charge on any atom is -0.364 e. The Hall–Kier alpha value is -2.20. The molecule has 3 heterocycles. The molecule has 7 nitrogen and oxygen atoms in total. The van der Waals surface area contributed by atoms with Gasteiger partial charge in [-0.05, 0) is 11.5 Å². The Bertz CT molecular complexity index is 901. The molecule has 0 radical (unpaired) electrons. The fourth-order valence-electron chi connectivity index (χ4n) is 3.48. The van der Waals surface area contributed by atoms with Gasteiger partial charge in [-0.1, -0.05) is 29.4 Å². The average Bonchev–Trinajstić information content (AvgIpc) is 3.23. The number of hydrogen-bond donors (Lipinski definition) is 1. The maximum atomic E-state index is 4.92. The van der Waals surface area contributed by atoms with Crippen LogP contribution in [0.15, 0.2) is 58.4 Å². The van der Waals surface area contributed by atoms with Crippen LogP contribution in [-0.4, -0.2) is 59.1 Å². The molecule has 28 heavy (non-hydrogen) atoms. The summed E-state index contributed by atoms with van der Waals surface area (Å²) in [5.41, 5.74) is 2.02. The zero-order valence-corrected chi connectivity index (χ0v) is 18.2. The first-order chi connectivity index (χ1) is 13.3. The number of guanidine groups is 1. The van der Waals surface area contributed by atoms with Crippen molar-refractivity contribution in [2.75, 3.05) is 33.2 Å². The summed E-state index contributed by atoms with van der Waals surface area (Å²) in [4.78, 5) is 13.7. The highest BCUT2D eigenvalue weighted by atomic mass is 127. The van der Waals surface area contributed by atoms with Crippen LogP contribution in [0.5, 0.6) is 0 Å². The Balaban J connectivity index is 0.00000225. The van der Waals surface area contributed by atoms with Crippen LogP contribution in [0, 0.1) is 0 Å². The van der Waals surface area contributed by atoms with E-state index in [1.165, 1.54) is 10.8 Å². The second-order valence-corrected chi connectivity index (χ2v) is 6.63. The number of piperazine rings is 1. The molecule has 0 atom stereocenters. The highest BCUT2D eigenvalue weighted by Crippen LogP contribution is 2.16. The van der Waals surface area contributed by atoms with Gasteiger partial charge in [-0.15, -0.1) is 24.0 Å². The predicted octanol–water partition coefficient (Wildman–Crippen LogP) is 2.73. The van der Waals surface area contributed by atoms with Gasteiger partial charge in [0.15, 0.2) is 5.96 Å². The van der Waals surface area contributed by atoms with Gasteiger partial charge in [0.25, 0.3) is 0 Å². The third kappa shape index (κ3) is 4.79. The van der Waals surface area contributed by atoms with E-state index in [-0.39, 0.29) is 24.0 Å². The summed E-state index contributed by atoms with van der Waals surface area (Å²) in [5, 5.41) is 9.86. The van der Waals surface area contributed by atoms with Gasteiger partial charge in [0, 0.05) is 57.4 Å². The topological polar surface area (TPSA) is 69.8 Å². The first kappa shape index (κ1) is 20.5. The van der Waals surface area contributed by atoms with E-state index in [2.05, 4.69) is 54.5 Å². The molecule has 0 amide bonds. The first-order valence-electron chi connectivity index (χ1n) is 9.23. The molecule has 0 aliphatic carbocycles. The number of fused-ring (bicyclic) bond motifs is 1. The number of rotatable bonds is 4. The van der Waals surface area contributed by atoms with Crippen molar-refractivity contribution >= 4 is 40.7 Å². The van der Waals surface area contributed by atoms with Crippen LogP contribution in [0.1, 0.15) is 11.4 Å². The van der Waals surface area contributed by atoms with Crippen LogP contribution in [0.4, 0.5) is 0 Å². The number of aromatic nitrogens is 2. The van der Waals surface area contributed by atoms with E-state index in [9.17, 15) is 0 Å². The largest absolute Gasteiger partial charge is 0.364 e. The Kier molecular flexibility index (Phi) is 7.21. The van der Waals surface area contributed by atoms with Gasteiger partial charge in [-0.2, -0.15) is 0 Å². The van der Waals surface area contributed by atoms with Crippen LogP contribution in [-0.2, 0) is 13.1 Å². The summed E-state index contributed by atoms with van der Waals surface area (Å²) in [7, 11) is 1.83. The third-order valence-corrected chi connectivity index (χ3v) is 4.93. The monoisotopic (exact) mass is 492 g/mol. The molecule has 1 saturated heterocycles. The lowest BCUT2D eigenvalue weighted by Gasteiger charge is -2.36. The molecule has 4 rings (SSSR count). The maximum absolute atomic E-state index is 4.92. The zero-order chi connectivity index (χ0) is 18.5. The molecule has 0 saturated carbocycles. The highest BCUT2D eigenvalue weighted by molar-refractivity contribution is 14.0. The molecule has 0 spiro atoms. The molecule has 2 aromatic heterocycles. The van der Waals surface area contributed by atoms with Crippen molar-refractivity contribution in [3.63, 3.8) is 0 Å². The molecule has 1 aromatic carbocycles. The number of benzene rings is 1. The minimum absolute atomic E-state index is 0. The van der Waals surface area contributed by atoms with Gasteiger partial charge < -0.3 is 14.7 Å². The fraction of sp³-hybridized carbons (Fsp3) is 0.350. The molecule has 1 N–H and O–H groups in total. The summed E-state index contributed by atoms with van der Waals surface area (Å²) in [6, 6.07) is 12.3. The van der Waals surface area contributed by atoms with Gasteiger partial charge in [0.2, 0.25) is 0 Å². The molecule has 0 bridgehead atoms. The Morgan fingerprint density at radius 1 is 1.14 bits per heavy atom. The molecular weight excluding hydrogens is 467 g/mol. The van der Waals surface area contributed by atoms with E-state index in [4.69, 9.17) is 4.52 Å². The maximum Gasteiger partial charge on any atom is 0.194 e. The van der Waals surface area contributed by atoms with Crippen molar-refractivity contribution in [2.45, 2.75) is 13.1 Å². The molecule has 1 fully saturated rings. The number of hydrogen-bond acceptors (Lipinski definition) is 5. The SMILES string of the molecule is CN=C(NCc1nccc2ccccc12)N1CCN(Cc2ccon2)CC1.I. The lowest BCUT2D eigenvalue weighted by Crippen LogP contribution is -2.52. The van der Waals surface area contributed by atoms with Gasteiger partial charge >= 0.3 is 0 Å². The first-order valence-corrected chi connectivity index (χ1v) is 9.23. The van der Waals surface area contributed by atoms with Gasteiger partial charge in [-0.3, -0.25) is 14.9 Å². The average molecular weight is 492 g/mol. The zero-order valence-electron chi connectivity index (χ0n) is 15.9. The Morgan fingerprint density at radius 3 is 2.71 bits per heavy atom. The van der Waals surface area contributed by atoms with Crippen molar-refractivity contribution < 1.29 is 4.52 Å². The van der Waals surface area contributed by atoms with E-state index in [0.717, 1.165) is 50.1 Å². The second-order valence-electron chi connectivity index (χ2n) is 6.63. The minimum atomic E-state index is 0. The number of nitrogens with zero attached hydrogens (tertiary/aromatic N) is 5. The summed E-state index contributed by atoms with van der Waals surface area (Å²) >= 11 is 0. The van der Waals surface area contributed by atoms with Crippen LogP contribution < -0.4 is 5.32 Å². The van der Waals surface area contributed by atoms with E-state index in [1.807, 2.05) is 25.4 Å². The number of halogens is 1. The van der Waals surface area contributed by atoms with Gasteiger partial charge in [-0.25, -0.2) is 0 Å². The van der Waals surface area contributed by atoms with Crippen molar-refractivity contribution in [3.05, 3.63) is 60.2 Å². The molecule has 0 unspecified atom stereocenters. The lowest BCUT2D eigenvalue weighted by atomic mass is 10.1. The van der Waals surface area contributed by atoms with E-state index in [0.29, 0.717) is 6.54 Å². The van der Waals surface area contributed by atoms with E-state index >= 15 is 0 Å². The molecule has 1 aliphatic rings. The smallest absolute Gasteiger partial charge is 0.194 e. The van der Waals surface area contributed by atoms with E-state index < -0.39 is 0 Å². The molecular formula is C20H25IN6O. The summed E-state index contributed by atoms with van der Waals surface area (Å²) in [6.07, 6.45) is 3.49. The number of aliphatic imine (C=N–C) groups is 1. The van der Waals surface area contributed by atoms with Crippen molar-refractivity contribution in [2.24, 2.45) is 4.99 Å². The van der Waals surface area contributed by atoms with Crippen molar-refractivity contribution in [1.29, 1.82) is 0 Å². The highest BCUT2D eigenvalue weighted by Gasteiger charge is 2.20. The molecule has 3 aromatic rings. The molecule has 1 aliphatic heterocycles. The third-order valence-electron chi connectivity index (χ3n) is 4.93. The summed E-state index contributed by atoms with van der Waals surface area (Å²) in [6.45, 7) is 5.30. The fourth-order valence-corrected chi connectivity index (χ4v) is 3.48. The van der Waals surface area contributed by atoms with Gasteiger partial charge in [0.05, 0.1) is 17.9 Å². The van der Waals surface area contributed by atoms with Crippen LogP contribution in [0.2, 0.25) is 0 Å². The van der Waals surface area contributed by atoms with Crippen molar-refractivity contribution in [1.82, 2.24) is 25.3 Å².